The van der Waals surface area contributed by atoms with Gasteiger partial charge in [0.15, 0.2) is 17.8 Å². The number of rotatable bonds is 7. The van der Waals surface area contributed by atoms with Crippen LogP contribution in [-0.4, -0.2) is 41.6 Å². The minimum atomic E-state index is -0.890. The molecule has 4 rings (SSSR count). The van der Waals surface area contributed by atoms with E-state index in [0.29, 0.717) is 17.8 Å². The van der Waals surface area contributed by atoms with E-state index in [1.165, 1.54) is 34.6 Å². The van der Waals surface area contributed by atoms with Crippen molar-refractivity contribution in [2.24, 2.45) is 14.1 Å². The van der Waals surface area contributed by atoms with Gasteiger partial charge in [-0.1, -0.05) is 12.1 Å². The lowest BCUT2D eigenvalue weighted by Crippen LogP contribution is -2.41. The van der Waals surface area contributed by atoms with Gasteiger partial charge in [0.2, 0.25) is 5.78 Å². The van der Waals surface area contributed by atoms with Crippen LogP contribution in [0.3, 0.4) is 0 Å². The summed E-state index contributed by atoms with van der Waals surface area (Å²) in [7, 11) is 3.05. The van der Waals surface area contributed by atoms with Gasteiger partial charge in [0, 0.05) is 37.6 Å². The third kappa shape index (κ3) is 4.44. The van der Waals surface area contributed by atoms with E-state index in [1.807, 2.05) is 11.5 Å². The molecule has 0 saturated heterocycles. The Morgan fingerprint density at radius 3 is 2.43 bits per heavy atom. The fourth-order valence-corrected chi connectivity index (χ4v) is 4.03. The van der Waals surface area contributed by atoms with Gasteiger partial charge in [-0.15, -0.1) is 0 Å². The Hall–Kier alpha value is -4.28. The van der Waals surface area contributed by atoms with E-state index in [1.54, 1.807) is 32.2 Å². The van der Waals surface area contributed by atoms with Crippen LogP contribution >= 0.6 is 0 Å². The van der Waals surface area contributed by atoms with Crippen LogP contribution < -0.4 is 11.2 Å². The van der Waals surface area contributed by atoms with Gasteiger partial charge < -0.3 is 13.9 Å². The summed E-state index contributed by atoms with van der Waals surface area (Å²) >= 11 is 0. The van der Waals surface area contributed by atoms with Crippen molar-refractivity contribution in [2.45, 2.75) is 26.9 Å². The van der Waals surface area contributed by atoms with E-state index < -0.39 is 36.2 Å². The van der Waals surface area contributed by atoms with Crippen molar-refractivity contribution in [2.75, 3.05) is 6.61 Å². The first-order valence-electron chi connectivity index (χ1n) is 10.8. The third-order valence-electron chi connectivity index (χ3n) is 5.98. The van der Waals surface area contributed by atoms with Gasteiger partial charge in [-0.05, 0) is 37.6 Å². The average molecular weight is 481 g/mol. The van der Waals surface area contributed by atoms with Gasteiger partial charge >= 0.3 is 11.7 Å². The van der Waals surface area contributed by atoms with E-state index in [0.717, 1.165) is 15.8 Å². The Morgan fingerprint density at radius 1 is 1.06 bits per heavy atom. The number of aromatic nitrogens is 5. The summed E-state index contributed by atoms with van der Waals surface area (Å²) in [5.74, 6) is -1.63. The molecule has 0 radical (unpaired) electrons. The molecule has 1 aromatic carbocycles. The summed E-state index contributed by atoms with van der Waals surface area (Å²) in [6.45, 7) is 2.90. The molecule has 0 aliphatic heterocycles. The number of hydrogen-bond donors (Lipinski definition) is 0. The zero-order chi connectivity index (χ0) is 25.4. The summed E-state index contributed by atoms with van der Waals surface area (Å²) in [6, 6.07) is 7.80. The third-order valence-corrected chi connectivity index (χ3v) is 5.98. The quantitative estimate of drug-likeness (QED) is 0.292. The van der Waals surface area contributed by atoms with Crippen molar-refractivity contribution in [1.29, 1.82) is 0 Å². The standard InChI is InChI=1S/C24H24FN5O5/c1-14-9-18(15(2)29(14)10-16-5-7-17(25)8-6-16)19(31)12-35-20(32)11-30-23(33)21-22(26-13-27(21)3)28(4)24(30)34/h5-9,13H,10-12H2,1-4H3. The second-order valence-electron chi connectivity index (χ2n) is 8.34. The molecule has 0 fully saturated rings. The van der Waals surface area contributed by atoms with Crippen molar-refractivity contribution in [3.05, 3.63) is 85.8 Å². The molecule has 0 bridgehead atoms. The summed E-state index contributed by atoms with van der Waals surface area (Å²) < 4.78 is 23.6. The fourth-order valence-electron chi connectivity index (χ4n) is 4.03. The first-order valence-corrected chi connectivity index (χ1v) is 10.8. The number of carbonyl (C=O) groups is 2. The predicted molar refractivity (Wildman–Crippen MR) is 125 cm³/mol. The van der Waals surface area contributed by atoms with E-state index in [4.69, 9.17) is 4.74 Å². The molecule has 0 saturated carbocycles. The average Bonchev–Trinajstić information content (AvgIpc) is 3.35. The monoisotopic (exact) mass is 481 g/mol. The van der Waals surface area contributed by atoms with E-state index in [2.05, 4.69) is 4.98 Å². The zero-order valence-corrected chi connectivity index (χ0v) is 19.7. The number of ketones is 1. The molecule has 0 aliphatic rings. The molecule has 0 spiro atoms. The fraction of sp³-hybridized carbons (Fsp3) is 0.292. The van der Waals surface area contributed by atoms with E-state index >= 15 is 0 Å². The Bertz CT molecular complexity index is 1570. The maximum absolute atomic E-state index is 13.2. The number of esters is 1. The number of ether oxygens (including phenoxy) is 1. The Labute approximate surface area is 198 Å². The number of Topliss-reactive ketones (excluding diaryl/α,β-unsaturated/α-hetero) is 1. The second-order valence-corrected chi connectivity index (χ2v) is 8.34. The van der Waals surface area contributed by atoms with Gasteiger partial charge in [0.1, 0.15) is 12.4 Å². The minimum Gasteiger partial charge on any atom is -0.456 e. The highest BCUT2D eigenvalue weighted by Gasteiger charge is 2.20. The molecule has 0 aliphatic carbocycles. The largest absolute Gasteiger partial charge is 0.456 e. The number of fused-ring (bicyclic) bond motifs is 1. The Morgan fingerprint density at radius 2 is 1.74 bits per heavy atom. The summed E-state index contributed by atoms with van der Waals surface area (Å²) in [5, 5.41) is 0. The second kappa shape index (κ2) is 9.16. The van der Waals surface area contributed by atoms with Crippen LogP contribution in [0, 0.1) is 19.7 Å². The molecule has 10 nitrogen and oxygen atoms in total. The van der Waals surface area contributed by atoms with Crippen molar-refractivity contribution in [1.82, 2.24) is 23.3 Å². The molecule has 0 N–H and O–H groups in total. The van der Waals surface area contributed by atoms with Gasteiger partial charge in [-0.3, -0.25) is 19.0 Å². The zero-order valence-electron chi connectivity index (χ0n) is 19.7. The Kier molecular flexibility index (Phi) is 6.25. The van der Waals surface area contributed by atoms with Crippen LogP contribution in [-0.2, 0) is 36.7 Å². The summed E-state index contributed by atoms with van der Waals surface area (Å²) in [5.41, 5.74) is 1.76. The number of benzene rings is 1. The van der Waals surface area contributed by atoms with Gasteiger partial charge in [0.05, 0.1) is 6.33 Å². The van der Waals surface area contributed by atoms with E-state index in [-0.39, 0.29) is 17.0 Å². The first-order chi connectivity index (χ1) is 16.6. The van der Waals surface area contributed by atoms with Gasteiger partial charge in [0.25, 0.3) is 5.56 Å². The molecule has 4 aromatic rings. The molecule has 0 amide bonds. The highest BCUT2D eigenvalue weighted by molar-refractivity contribution is 5.99. The van der Waals surface area contributed by atoms with E-state index in [9.17, 15) is 23.6 Å². The smallest absolute Gasteiger partial charge is 0.333 e. The normalized spacial score (nSPS) is 11.2. The number of hydrogen-bond acceptors (Lipinski definition) is 6. The SMILES string of the molecule is Cc1cc(C(=O)COC(=O)Cn2c(=O)c3c(ncn3C)n(C)c2=O)c(C)n1Cc1ccc(F)cc1. The van der Waals surface area contributed by atoms with Gasteiger partial charge in [-0.25, -0.2) is 18.7 Å². The van der Waals surface area contributed by atoms with Crippen LogP contribution in [0.5, 0.6) is 0 Å². The lowest BCUT2D eigenvalue weighted by Gasteiger charge is -2.10. The molecule has 182 valence electrons. The minimum absolute atomic E-state index is 0.171. The van der Waals surface area contributed by atoms with Crippen molar-refractivity contribution < 1.29 is 18.7 Å². The van der Waals surface area contributed by atoms with Gasteiger partial charge in [-0.2, -0.15) is 0 Å². The molecular weight excluding hydrogens is 457 g/mol. The molecule has 0 atom stereocenters. The van der Waals surface area contributed by atoms with Crippen LogP contribution in [0.2, 0.25) is 0 Å². The number of nitrogens with zero attached hydrogens (tertiary/aromatic N) is 5. The first kappa shape index (κ1) is 23.9. The molecule has 3 aromatic heterocycles. The van der Waals surface area contributed by atoms with Crippen molar-refractivity contribution >= 4 is 22.9 Å². The van der Waals surface area contributed by atoms with Crippen molar-refractivity contribution in [3.63, 3.8) is 0 Å². The van der Waals surface area contributed by atoms with Crippen LogP contribution in [0.15, 0.2) is 46.2 Å². The Balaban J connectivity index is 1.47. The molecule has 35 heavy (non-hydrogen) atoms. The molecule has 0 unspecified atom stereocenters. The molecule has 11 heteroatoms. The number of halogens is 1. The molecule has 3 heterocycles. The number of aryl methyl sites for hydroxylation is 3. The predicted octanol–water partition coefficient (Wildman–Crippen LogP) is 1.47. The number of carbonyl (C=O) groups excluding carboxylic acids is 2. The highest BCUT2D eigenvalue weighted by Crippen LogP contribution is 2.18. The van der Waals surface area contributed by atoms with Crippen LogP contribution in [0.4, 0.5) is 4.39 Å². The van der Waals surface area contributed by atoms with Crippen molar-refractivity contribution in [3.8, 4) is 0 Å². The highest BCUT2D eigenvalue weighted by atomic mass is 19.1. The summed E-state index contributed by atoms with van der Waals surface area (Å²) in [6.07, 6.45) is 1.40. The topological polar surface area (TPSA) is 110 Å². The van der Waals surface area contributed by atoms with Crippen LogP contribution in [0.25, 0.3) is 11.2 Å². The molecular formula is C24H24FN5O5. The van der Waals surface area contributed by atoms with Crippen LogP contribution in [0.1, 0.15) is 27.3 Å². The lowest BCUT2D eigenvalue weighted by atomic mass is 10.1. The maximum Gasteiger partial charge on any atom is 0.333 e. The summed E-state index contributed by atoms with van der Waals surface area (Å²) in [4.78, 5) is 54.5. The lowest BCUT2D eigenvalue weighted by molar-refractivity contribution is -0.143. The number of imidazole rings is 1. The maximum atomic E-state index is 13.2.